The molecule has 2 aromatic rings. The number of amides is 1. The molecule has 0 aliphatic heterocycles. The summed E-state index contributed by atoms with van der Waals surface area (Å²) >= 11 is 1.47. The van der Waals surface area contributed by atoms with E-state index in [9.17, 15) is 4.79 Å². The van der Waals surface area contributed by atoms with Crippen molar-refractivity contribution in [3.05, 3.63) is 41.7 Å². The molecule has 0 bridgehead atoms. The van der Waals surface area contributed by atoms with Gasteiger partial charge in [0.15, 0.2) is 5.16 Å². The zero-order valence-electron chi connectivity index (χ0n) is 15.2. The molecular formula is C19H26N4OS. The first-order valence-corrected chi connectivity index (χ1v) is 9.88. The minimum Gasteiger partial charge on any atom is -0.351 e. The summed E-state index contributed by atoms with van der Waals surface area (Å²) in [5.41, 5.74) is 1.05. The van der Waals surface area contributed by atoms with E-state index in [1.807, 2.05) is 32.0 Å². The smallest absolute Gasteiger partial charge is 0.230 e. The molecule has 0 saturated heterocycles. The van der Waals surface area contributed by atoms with E-state index in [0.29, 0.717) is 11.7 Å². The Hall–Kier alpha value is -1.82. The predicted octanol–water partition coefficient (Wildman–Crippen LogP) is 3.60. The molecule has 134 valence electrons. The number of carbonyl (C=O) groups is 1. The lowest BCUT2D eigenvalue weighted by molar-refractivity contribution is -0.120. The van der Waals surface area contributed by atoms with Gasteiger partial charge in [0, 0.05) is 11.5 Å². The molecule has 1 aromatic heterocycles. The molecule has 1 aromatic carbocycles. The molecule has 1 saturated carbocycles. The predicted molar refractivity (Wildman–Crippen MR) is 101 cm³/mol. The van der Waals surface area contributed by atoms with Crippen LogP contribution in [0.1, 0.15) is 57.3 Å². The van der Waals surface area contributed by atoms with E-state index < -0.39 is 0 Å². The normalized spacial score (nSPS) is 14.5. The summed E-state index contributed by atoms with van der Waals surface area (Å²) in [7, 11) is 0. The highest BCUT2D eigenvalue weighted by Gasteiger charge is 2.30. The van der Waals surface area contributed by atoms with Gasteiger partial charge in [-0.1, -0.05) is 49.0 Å². The van der Waals surface area contributed by atoms with Crippen molar-refractivity contribution in [1.29, 1.82) is 0 Å². The first-order valence-electron chi connectivity index (χ1n) is 8.89. The number of rotatable bonds is 8. The minimum atomic E-state index is -0.172. The number of benzene rings is 1. The Morgan fingerprint density at radius 3 is 2.64 bits per heavy atom. The topological polar surface area (TPSA) is 59.8 Å². The van der Waals surface area contributed by atoms with E-state index in [4.69, 9.17) is 0 Å². The Bertz CT molecular complexity index is 722. The Labute approximate surface area is 153 Å². The van der Waals surface area contributed by atoms with Crippen molar-refractivity contribution in [2.24, 2.45) is 0 Å². The molecule has 1 N–H and O–H groups in total. The number of aromatic nitrogens is 3. The molecule has 6 heteroatoms. The SMILES string of the molecule is CCC(C)(C)NC(=O)CSc1nnc(C2CC2)n1Cc1ccccc1. The second-order valence-corrected chi connectivity index (χ2v) is 8.20. The van der Waals surface area contributed by atoms with Crippen molar-refractivity contribution in [2.75, 3.05) is 5.75 Å². The number of hydrogen-bond donors (Lipinski definition) is 1. The van der Waals surface area contributed by atoms with Crippen molar-refractivity contribution in [3.63, 3.8) is 0 Å². The summed E-state index contributed by atoms with van der Waals surface area (Å²) in [6, 6.07) is 10.3. The third-order valence-electron chi connectivity index (χ3n) is 4.57. The van der Waals surface area contributed by atoms with Crippen LogP contribution in [-0.4, -0.2) is 32.0 Å². The molecule has 25 heavy (non-hydrogen) atoms. The zero-order valence-corrected chi connectivity index (χ0v) is 16.0. The molecule has 0 spiro atoms. The fourth-order valence-electron chi connectivity index (χ4n) is 2.60. The van der Waals surface area contributed by atoms with Crippen LogP contribution >= 0.6 is 11.8 Å². The Balaban J connectivity index is 1.70. The Kier molecular flexibility index (Phi) is 5.47. The van der Waals surface area contributed by atoms with Gasteiger partial charge in [-0.2, -0.15) is 0 Å². The average molecular weight is 359 g/mol. The molecule has 3 rings (SSSR count). The van der Waals surface area contributed by atoms with Gasteiger partial charge < -0.3 is 9.88 Å². The number of carbonyl (C=O) groups excluding carboxylic acids is 1. The average Bonchev–Trinajstić information content (AvgIpc) is 3.36. The maximum atomic E-state index is 12.2. The summed E-state index contributed by atoms with van der Waals surface area (Å²) in [5, 5.41) is 12.7. The summed E-state index contributed by atoms with van der Waals surface area (Å²) < 4.78 is 2.18. The van der Waals surface area contributed by atoms with E-state index in [1.54, 1.807) is 0 Å². The van der Waals surface area contributed by atoms with Gasteiger partial charge in [-0.15, -0.1) is 10.2 Å². The van der Waals surface area contributed by atoms with Crippen LogP contribution < -0.4 is 5.32 Å². The van der Waals surface area contributed by atoms with Crippen molar-refractivity contribution >= 4 is 17.7 Å². The Morgan fingerprint density at radius 2 is 2.00 bits per heavy atom. The van der Waals surface area contributed by atoms with Gasteiger partial charge in [0.2, 0.25) is 5.91 Å². The lowest BCUT2D eigenvalue weighted by Crippen LogP contribution is -2.43. The van der Waals surface area contributed by atoms with Crippen LogP contribution in [0.4, 0.5) is 0 Å². The van der Waals surface area contributed by atoms with Crippen LogP contribution in [0.2, 0.25) is 0 Å². The van der Waals surface area contributed by atoms with Crippen molar-refractivity contribution in [3.8, 4) is 0 Å². The van der Waals surface area contributed by atoms with E-state index in [2.05, 4.69) is 39.1 Å². The maximum absolute atomic E-state index is 12.2. The highest BCUT2D eigenvalue weighted by atomic mass is 32.2. The van der Waals surface area contributed by atoms with Crippen molar-refractivity contribution in [1.82, 2.24) is 20.1 Å². The van der Waals surface area contributed by atoms with Crippen molar-refractivity contribution in [2.45, 2.75) is 63.2 Å². The number of hydrogen-bond acceptors (Lipinski definition) is 4. The third-order valence-corrected chi connectivity index (χ3v) is 5.53. The first-order chi connectivity index (χ1) is 12.0. The lowest BCUT2D eigenvalue weighted by atomic mass is 10.0. The molecule has 1 amide bonds. The van der Waals surface area contributed by atoms with Crippen LogP contribution in [0, 0.1) is 0 Å². The fraction of sp³-hybridized carbons (Fsp3) is 0.526. The van der Waals surface area contributed by atoms with E-state index in [0.717, 1.165) is 23.9 Å². The third kappa shape index (κ3) is 4.84. The Morgan fingerprint density at radius 1 is 1.28 bits per heavy atom. The number of nitrogens with zero attached hydrogens (tertiary/aromatic N) is 3. The molecule has 1 fully saturated rings. The fourth-order valence-corrected chi connectivity index (χ4v) is 3.34. The van der Waals surface area contributed by atoms with Crippen LogP contribution in [0.25, 0.3) is 0 Å². The van der Waals surface area contributed by atoms with E-state index in [-0.39, 0.29) is 11.4 Å². The molecule has 0 atom stereocenters. The van der Waals surface area contributed by atoms with E-state index >= 15 is 0 Å². The largest absolute Gasteiger partial charge is 0.351 e. The van der Waals surface area contributed by atoms with Gasteiger partial charge in [0.1, 0.15) is 5.82 Å². The van der Waals surface area contributed by atoms with Gasteiger partial charge in [-0.05, 0) is 38.7 Å². The maximum Gasteiger partial charge on any atom is 0.230 e. The zero-order chi connectivity index (χ0) is 17.9. The summed E-state index contributed by atoms with van der Waals surface area (Å²) in [4.78, 5) is 12.2. The van der Waals surface area contributed by atoms with Crippen LogP contribution in [-0.2, 0) is 11.3 Å². The number of thioether (sulfide) groups is 1. The molecule has 1 aliphatic rings. The second-order valence-electron chi connectivity index (χ2n) is 7.26. The molecule has 5 nitrogen and oxygen atoms in total. The molecule has 0 radical (unpaired) electrons. The van der Waals surface area contributed by atoms with Crippen LogP contribution in [0.3, 0.4) is 0 Å². The molecular weight excluding hydrogens is 332 g/mol. The summed E-state index contributed by atoms with van der Waals surface area (Å²) in [6.45, 7) is 6.91. The van der Waals surface area contributed by atoms with Crippen LogP contribution in [0.5, 0.6) is 0 Å². The summed E-state index contributed by atoms with van der Waals surface area (Å²) in [6.07, 6.45) is 3.27. The van der Waals surface area contributed by atoms with Gasteiger partial charge in [0.05, 0.1) is 12.3 Å². The number of nitrogens with one attached hydrogen (secondary N) is 1. The quantitative estimate of drug-likeness (QED) is 0.733. The van der Waals surface area contributed by atoms with Gasteiger partial charge in [-0.25, -0.2) is 0 Å². The highest BCUT2D eigenvalue weighted by Crippen LogP contribution is 2.40. The first kappa shape index (κ1) is 18.0. The van der Waals surface area contributed by atoms with Crippen LogP contribution in [0.15, 0.2) is 35.5 Å². The van der Waals surface area contributed by atoms with E-state index in [1.165, 1.54) is 30.2 Å². The van der Waals surface area contributed by atoms with Gasteiger partial charge in [0.25, 0.3) is 0 Å². The monoisotopic (exact) mass is 358 g/mol. The lowest BCUT2D eigenvalue weighted by Gasteiger charge is -2.24. The molecule has 1 heterocycles. The second kappa shape index (κ2) is 7.60. The van der Waals surface area contributed by atoms with Gasteiger partial charge in [-0.3, -0.25) is 4.79 Å². The van der Waals surface area contributed by atoms with Crippen molar-refractivity contribution < 1.29 is 4.79 Å². The highest BCUT2D eigenvalue weighted by molar-refractivity contribution is 7.99. The minimum absolute atomic E-state index is 0.0408. The standard InChI is InChI=1S/C19H26N4OS/c1-4-19(2,3)20-16(24)13-25-18-22-21-17(15-10-11-15)23(18)12-14-8-6-5-7-9-14/h5-9,15H,4,10-13H2,1-3H3,(H,20,24). The molecule has 0 unspecified atom stereocenters. The summed E-state index contributed by atoms with van der Waals surface area (Å²) in [5.74, 6) is 1.99. The van der Waals surface area contributed by atoms with Gasteiger partial charge >= 0.3 is 0 Å². The molecule has 1 aliphatic carbocycles.